The van der Waals surface area contributed by atoms with Crippen LogP contribution < -0.4 is 10.7 Å². The van der Waals surface area contributed by atoms with Crippen LogP contribution in [-0.4, -0.2) is 0 Å². The molecule has 0 aliphatic heterocycles. The van der Waals surface area contributed by atoms with Crippen molar-refractivity contribution in [2.24, 2.45) is 0 Å². The summed E-state index contributed by atoms with van der Waals surface area (Å²) < 4.78 is 66.2. The summed E-state index contributed by atoms with van der Waals surface area (Å²) in [4.78, 5) is 11.6. The predicted octanol–water partition coefficient (Wildman–Crippen LogP) is 4.03. The standard InChI is InChI=1S/C15H6F5NO/c16-8-9(17)11(19)14(12(20)10(8)18)21-13-7(15(13)22)6-4-2-1-3-5-6/h1-5,21H. The Balaban J connectivity index is 2.02. The molecule has 0 saturated carbocycles. The highest BCUT2D eigenvalue weighted by molar-refractivity contribution is 5.92. The molecule has 1 N–H and O–H groups in total. The minimum atomic E-state index is -2.25. The summed E-state index contributed by atoms with van der Waals surface area (Å²) in [6.07, 6.45) is 0. The van der Waals surface area contributed by atoms with Crippen molar-refractivity contribution in [3.8, 4) is 11.1 Å². The molecule has 0 atom stereocenters. The van der Waals surface area contributed by atoms with Gasteiger partial charge in [-0.2, -0.15) is 0 Å². The average Bonchev–Trinajstić information content (AvgIpc) is 3.18. The highest BCUT2D eigenvalue weighted by Gasteiger charge is 2.30. The van der Waals surface area contributed by atoms with E-state index in [2.05, 4.69) is 0 Å². The first kappa shape index (κ1) is 14.2. The summed E-state index contributed by atoms with van der Waals surface area (Å²) >= 11 is 0. The maximum absolute atomic E-state index is 13.5. The molecule has 3 aromatic rings. The van der Waals surface area contributed by atoms with Crippen LogP contribution in [0.1, 0.15) is 0 Å². The van der Waals surface area contributed by atoms with Gasteiger partial charge >= 0.3 is 0 Å². The third-order valence-corrected chi connectivity index (χ3v) is 3.16. The lowest BCUT2D eigenvalue weighted by molar-refractivity contribution is 0.382. The highest BCUT2D eigenvalue weighted by atomic mass is 19.2. The number of nitrogens with one attached hydrogen (secondary N) is 1. The molecule has 0 aliphatic rings. The lowest BCUT2D eigenvalue weighted by Crippen LogP contribution is -2.06. The van der Waals surface area contributed by atoms with Crippen molar-refractivity contribution in [3.05, 3.63) is 69.6 Å². The second kappa shape index (κ2) is 4.94. The van der Waals surface area contributed by atoms with Crippen molar-refractivity contribution in [2.45, 2.75) is 0 Å². The van der Waals surface area contributed by atoms with Gasteiger partial charge in [-0.15, -0.1) is 0 Å². The van der Waals surface area contributed by atoms with E-state index in [-0.39, 0.29) is 11.3 Å². The van der Waals surface area contributed by atoms with E-state index in [1.54, 1.807) is 30.3 Å². The average molecular weight is 311 g/mol. The summed E-state index contributed by atoms with van der Waals surface area (Å²) in [5.41, 5.74) is -1.36. The van der Waals surface area contributed by atoms with Crippen LogP contribution in [0.3, 0.4) is 0 Å². The third kappa shape index (κ3) is 2.05. The molecule has 0 unspecified atom stereocenters. The van der Waals surface area contributed by atoms with Crippen molar-refractivity contribution in [3.63, 3.8) is 0 Å². The molecule has 0 radical (unpaired) electrons. The van der Waals surface area contributed by atoms with Crippen LogP contribution in [0.4, 0.5) is 33.3 Å². The Kier molecular flexibility index (Phi) is 3.20. The first-order valence-electron chi connectivity index (χ1n) is 6.06. The lowest BCUT2D eigenvalue weighted by atomic mass is 10.2. The molecule has 112 valence electrons. The minimum Gasteiger partial charge on any atom is -0.347 e. The molecular weight excluding hydrogens is 305 g/mol. The number of rotatable bonds is 3. The quantitative estimate of drug-likeness (QED) is 0.449. The van der Waals surface area contributed by atoms with Crippen molar-refractivity contribution < 1.29 is 22.0 Å². The molecule has 22 heavy (non-hydrogen) atoms. The Morgan fingerprint density at radius 1 is 0.682 bits per heavy atom. The number of halogens is 5. The molecule has 0 amide bonds. The van der Waals surface area contributed by atoms with Crippen LogP contribution in [0.2, 0.25) is 0 Å². The molecule has 3 aromatic carbocycles. The highest BCUT2D eigenvalue weighted by Crippen LogP contribution is 2.35. The molecule has 0 heterocycles. The van der Waals surface area contributed by atoms with Crippen LogP contribution in [0, 0.1) is 29.1 Å². The van der Waals surface area contributed by atoms with E-state index in [4.69, 9.17) is 0 Å². The van der Waals surface area contributed by atoms with Gasteiger partial charge in [-0.1, -0.05) is 30.3 Å². The molecular formula is C15H6F5NO. The maximum atomic E-state index is 13.5. The van der Waals surface area contributed by atoms with Crippen molar-refractivity contribution >= 4 is 11.4 Å². The van der Waals surface area contributed by atoms with Gasteiger partial charge in [0.25, 0.3) is 0 Å². The molecule has 0 fully saturated rings. The Hall–Kier alpha value is -2.70. The van der Waals surface area contributed by atoms with Gasteiger partial charge in [-0.3, -0.25) is 4.79 Å². The van der Waals surface area contributed by atoms with E-state index < -0.39 is 40.2 Å². The van der Waals surface area contributed by atoms with Crippen molar-refractivity contribution in [2.75, 3.05) is 5.32 Å². The SMILES string of the molecule is O=c1c(Nc2c(F)c(F)c(F)c(F)c2F)c1-c1ccccc1. The van der Waals surface area contributed by atoms with Gasteiger partial charge in [-0.25, -0.2) is 22.0 Å². The fraction of sp³-hybridized carbons (Fsp3) is 0. The van der Waals surface area contributed by atoms with E-state index in [1.807, 2.05) is 5.32 Å². The Labute approximate surface area is 120 Å². The minimum absolute atomic E-state index is 0.143. The second-order valence-electron chi connectivity index (χ2n) is 4.52. The molecule has 0 bridgehead atoms. The van der Waals surface area contributed by atoms with E-state index in [9.17, 15) is 26.7 Å². The topological polar surface area (TPSA) is 29.1 Å². The summed E-state index contributed by atoms with van der Waals surface area (Å²) in [6.45, 7) is 0. The number of hydrogen-bond acceptors (Lipinski definition) is 2. The number of anilines is 2. The summed E-state index contributed by atoms with van der Waals surface area (Å²) in [5.74, 6) is -10.4. The molecule has 0 aliphatic carbocycles. The Morgan fingerprint density at radius 2 is 1.18 bits per heavy atom. The van der Waals surface area contributed by atoms with Gasteiger partial charge < -0.3 is 5.32 Å². The molecule has 0 spiro atoms. The fourth-order valence-corrected chi connectivity index (χ4v) is 2.01. The van der Waals surface area contributed by atoms with Gasteiger partial charge in [0.05, 0.1) is 11.3 Å². The normalized spacial score (nSPS) is 11.1. The van der Waals surface area contributed by atoms with Crippen molar-refractivity contribution in [1.82, 2.24) is 0 Å². The number of benzene rings is 2. The molecule has 0 saturated heterocycles. The van der Waals surface area contributed by atoms with Gasteiger partial charge in [0.1, 0.15) is 5.69 Å². The third-order valence-electron chi connectivity index (χ3n) is 3.16. The van der Waals surface area contributed by atoms with Gasteiger partial charge in [0.2, 0.25) is 11.2 Å². The van der Waals surface area contributed by atoms with Crippen molar-refractivity contribution in [1.29, 1.82) is 0 Å². The van der Waals surface area contributed by atoms with Gasteiger partial charge in [-0.05, 0) is 5.56 Å². The summed E-state index contributed by atoms with van der Waals surface area (Å²) in [5, 5.41) is 1.99. The van der Waals surface area contributed by atoms with Gasteiger partial charge in [0.15, 0.2) is 23.3 Å². The van der Waals surface area contributed by atoms with Crippen LogP contribution in [-0.2, 0) is 0 Å². The van der Waals surface area contributed by atoms with Crippen LogP contribution >= 0.6 is 0 Å². The summed E-state index contributed by atoms with van der Waals surface area (Å²) in [6, 6.07) is 8.16. The first-order valence-corrected chi connectivity index (χ1v) is 6.06. The molecule has 3 rings (SSSR count). The Bertz CT molecular complexity index is 852. The summed E-state index contributed by atoms with van der Waals surface area (Å²) in [7, 11) is 0. The monoisotopic (exact) mass is 311 g/mol. The zero-order valence-corrected chi connectivity index (χ0v) is 10.7. The lowest BCUT2D eigenvalue weighted by Gasteiger charge is -2.07. The first-order chi connectivity index (χ1) is 10.4. The fourth-order valence-electron chi connectivity index (χ4n) is 2.01. The van der Waals surface area contributed by atoms with E-state index in [0.29, 0.717) is 5.56 Å². The van der Waals surface area contributed by atoms with E-state index >= 15 is 0 Å². The van der Waals surface area contributed by atoms with E-state index in [0.717, 1.165) is 0 Å². The maximum Gasteiger partial charge on any atom is 0.212 e. The van der Waals surface area contributed by atoms with Gasteiger partial charge in [0, 0.05) is 0 Å². The second-order valence-corrected chi connectivity index (χ2v) is 4.52. The molecule has 7 heteroatoms. The van der Waals surface area contributed by atoms with Crippen LogP contribution in [0.15, 0.2) is 35.1 Å². The molecule has 2 nitrogen and oxygen atoms in total. The van der Waals surface area contributed by atoms with E-state index in [1.165, 1.54) is 0 Å². The smallest absolute Gasteiger partial charge is 0.212 e. The predicted molar refractivity (Wildman–Crippen MR) is 70.0 cm³/mol. The zero-order chi connectivity index (χ0) is 16.0. The van der Waals surface area contributed by atoms with Crippen LogP contribution in [0.25, 0.3) is 11.1 Å². The number of hydrogen-bond donors (Lipinski definition) is 1. The molecule has 0 aromatic heterocycles. The zero-order valence-electron chi connectivity index (χ0n) is 10.7. The largest absolute Gasteiger partial charge is 0.347 e. The van der Waals surface area contributed by atoms with Crippen LogP contribution in [0.5, 0.6) is 0 Å². The Morgan fingerprint density at radius 3 is 1.73 bits per heavy atom.